The van der Waals surface area contributed by atoms with Crippen LogP contribution in [0.15, 0.2) is 58.6 Å². The van der Waals surface area contributed by atoms with Crippen molar-refractivity contribution in [2.24, 2.45) is 10.1 Å². The van der Waals surface area contributed by atoms with Crippen molar-refractivity contribution < 1.29 is 4.39 Å². The van der Waals surface area contributed by atoms with Crippen LogP contribution in [0.5, 0.6) is 0 Å². The van der Waals surface area contributed by atoms with Gasteiger partial charge in [-0.3, -0.25) is 5.01 Å². The minimum Gasteiger partial charge on any atom is -0.291 e. The quantitative estimate of drug-likeness (QED) is 0.367. The van der Waals surface area contributed by atoms with Gasteiger partial charge in [-0.25, -0.2) is 9.38 Å². The molecule has 0 fully saturated rings. The zero-order valence-electron chi connectivity index (χ0n) is 15.1. The molecule has 25 heavy (non-hydrogen) atoms. The lowest BCUT2D eigenvalue weighted by atomic mass is 9.99. The summed E-state index contributed by atoms with van der Waals surface area (Å²) >= 11 is 0. The summed E-state index contributed by atoms with van der Waals surface area (Å²) in [5.41, 5.74) is 4.83. The average molecular weight is 339 g/mol. The fourth-order valence-corrected chi connectivity index (χ4v) is 2.67. The minimum absolute atomic E-state index is 0.132. The highest BCUT2D eigenvalue weighted by atomic mass is 19.1. The summed E-state index contributed by atoms with van der Waals surface area (Å²) in [6, 6.07) is 16.8. The fraction of sp³-hybridized carbons (Fsp3) is 0.333. The number of halogens is 1. The van der Waals surface area contributed by atoms with Crippen molar-refractivity contribution in [3.05, 3.63) is 59.7 Å². The number of aliphatic imine (C=N–C) groups is 1. The lowest BCUT2D eigenvalue weighted by molar-refractivity contribution is 0.273. The van der Waals surface area contributed by atoms with Crippen molar-refractivity contribution in [1.29, 1.82) is 0 Å². The first kappa shape index (κ1) is 18.8. The highest BCUT2D eigenvalue weighted by Gasteiger charge is 2.06. The lowest BCUT2D eigenvalue weighted by Crippen LogP contribution is -2.20. The molecule has 0 atom stereocenters. The van der Waals surface area contributed by atoms with E-state index in [9.17, 15) is 4.39 Å². The third-order valence-electron chi connectivity index (χ3n) is 4.10. The highest BCUT2D eigenvalue weighted by molar-refractivity contribution is 5.86. The van der Waals surface area contributed by atoms with Crippen LogP contribution in [-0.4, -0.2) is 30.8 Å². The molecule has 2 rings (SSSR count). The first-order valence-electron chi connectivity index (χ1n) is 8.68. The molecule has 0 bridgehead atoms. The molecule has 0 aliphatic heterocycles. The SMILES string of the molecule is C=N/C(CF)=N\N(CCCC)Cc1ccc(-c2ccccc2C)cc1. The Labute approximate surface area is 149 Å². The van der Waals surface area contributed by atoms with Gasteiger partial charge in [0.05, 0.1) is 6.54 Å². The molecule has 0 N–H and O–H groups in total. The minimum atomic E-state index is -0.696. The van der Waals surface area contributed by atoms with Crippen LogP contribution < -0.4 is 0 Å². The molecule has 0 saturated heterocycles. The smallest absolute Gasteiger partial charge is 0.179 e. The summed E-state index contributed by atoms with van der Waals surface area (Å²) in [7, 11) is 0. The standard InChI is InChI=1S/C21H26FN3/c1-4-5-14-25(24-21(15-22)23-3)16-18-10-12-19(13-11-18)20-9-7-6-8-17(20)2/h6-13H,3-5,14-16H2,1-2H3/b24-21-. The molecule has 2 aromatic rings. The third kappa shape index (κ3) is 5.52. The monoisotopic (exact) mass is 339 g/mol. The zero-order valence-corrected chi connectivity index (χ0v) is 15.1. The molecule has 0 radical (unpaired) electrons. The number of hydrazone groups is 1. The number of benzene rings is 2. The van der Waals surface area contributed by atoms with E-state index in [4.69, 9.17) is 0 Å². The normalized spacial score (nSPS) is 11.4. The molecule has 2 aromatic carbocycles. The molecule has 4 heteroatoms. The van der Waals surface area contributed by atoms with Gasteiger partial charge in [-0.05, 0) is 42.3 Å². The Hall–Kier alpha value is -2.49. The van der Waals surface area contributed by atoms with Gasteiger partial charge in [-0.15, -0.1) is 0 Å². The van der Waals surface area contributed by atoms with E-state index >= 15 is 0 Å². The molecule has 3 nitrogen and oxygen atoms in total. The maximum Gasteiger partial charge on any atom is 0.179 e. The summed E-state index contributed by atoms with van der Waals surface area (Å²) in [6.07, 6.45) is 2.06. The molecular formula is C21H26FN3. The number of alkyl halides is 1. The Morgan fingerprint density at radius 1 is 1.12 bits per heavy atom. The van der Waals surface area contributed by atoms with Crippen molar-refractivity contribution in [1.82, 2.24) is 5.01 Å². The molecule has 0 aliphatic carbocycles. The predicted octanol–water partition coefficient (Wildman–Crippen LogP) is 5.25. The van der Waals surface area contributed by atoms with Crippen LogP contribution >= 0.6 is 0 Å². The van der Waals surface area contributed by atoms with E-state index in [1.165, 1.54) is 16.7 Å². The van der Waals surface area contributed by atoms with Crippen LogP contribution in [0, 0.1) is 6.92 Å². The van der Waals surface area contributed by atoms with E-state index in [0.29, 0.717) is 6.54 Å². The summed E-state index contributed by atoms with van der Waals surface area (Å²) in [4.78, 5) is 3.64. The molecule has 0 heterocycles. The maximum atomic E-state index is 12.9. The van der Waals surface area contributed by atoms with Crippen LogP contribution in [0.4, 0.5) is 4.39 Å². The summed E-state index contributed by atoms with van der Waals surface area (Å²) in [6.45, 7) is 8.33. The number of unbranched alkanes of at least 4 members (excludes halogenated alkanes) is 1. The average Bonchev–Trinajstić information content (AvgIpc) is 2.65. The second-order valence-electron chi connectivity index (χ2n) is 6.06. The molecular weight excluding hydrogens is 313 g/mol. The Bertz CT molecular complexity index is 707. The van der Waals surface area contributed by atoms with Gasteiger partial charge in [-0.1, -0.05) is 61.9 Å². The highest BCUT2D eigenvalue weighted by Crippen LogP contribution is 2.23. The van der Waals surface area contributed by atoms with Crippen molar-refractivity contribution >= 4 is 12.6 Å². The van der Waals surface area contributed by atoms with Crippen molar-refractivity contribution in [3.63, 3.8) is 0 Å². The molecule has 0 unspecified atom stereocenters. The summed E-state index contributed by atoms with van der Waals surface area (Å²) in [5, 5.41) is 6.16. The van der Waals surface area contributed by atoms with Gasteiger partial charge in [0, 0.05) is 6.54 Å². The number of hydrogen-bond acceptors (Lipinski definition) is 2. The Morgan fingerprint density at radius 2 is 1.84 bits per heavy atom. The van der Waals surface area contributed by atoms with Gasteiger partial charge in [0.2, 0.25) is 0 Å². The fourth-order valence-electron chi connectivity index (χ4n) is 2.67. The molecule has 0 aliphatic rings. The third-order valence-corrected chi connectivity index (χ3v) is 4.10. The first-order chi connectivity index (χ1) is 12.2. The van der Waals surface area contributed by atoms with E-state index in [0.717, 1.165) is 24.9 Å². The van der Waals surface area contributed by atoms with E-state index in [-0.39, 0.29) is 5.84 Å². The largest absolute Gasteiger partial charge is 0.291 e. The molecule has 132 valence electrons. The number of nitrogens with zero attached hydrogens (tertiary/aromatic N) is 3. The van der Waals surface area contributed by atoms with Gasteiger partial charge in [-0.2, -0.15) is 5.10 Å². The van der Waals surface area contributed by atoms with Crippen molar-refractivity contribution in [2.75, 3.05) is 13.2 Å². The van der Waals surface area contributed by atoms with Crippen LogP contribution in [0.1, 0.15) is 30.9 Å². The second-order valence-corrected chi connectivity index (χ2v) is 6.06. The maximum absolute atomic E-state index is 12.9. The first-order valence-corrected chi connectivity index (χ1v) is 8.68. The number of hydrogen-bond donors (Lipinski definition) is 0. The molecule has 0 saturated carbocycles. The number of aryl methyl sites for hydroxylation is 1. The van der Waals surface area contributed by atoms with Gasteiger partial charge in [0.25, 0.3) is 0 Å². The van der Waals surface area contributed by atoms with E-state index < -0.39 is 6.67 Å². The van der Waals surface area contributed by atoms with Crippen molar-refractivity contribution in [3.8, 4) is 11.1 Å². The van der Waals surface area contributed by atoms with Crippen LogP contribution in [-0.2, 0) is 6.54 Å². The molecule has 0 aromatic heterocycles. The van der Waals surface area contributed by atoms with E-state index in [1.54, 1.807) is 0 Å². The second kappa shape index (κ2) is 9.72. The van der Waals surface area contributed by atoms with Crippen LogP contribution in [0.3, 0.4) is 0 Å². The van der Waals surface area contributed by atoms with Crippen LogP contribution in [0.25, 0.3) is 11.1 Å². The molecule has 0 spiro atoms. The van der Waals surface area contributed by atoms with Gasteiger partial charge in [0.1, 0.15) is 0 Å². The van der Waals surface area contributed by atoms with Gasteiger partial charge < -0.3 is 0 Å². The topological polar surface area (TPSA) is 28.0 Å². The number of rotatable bonds is 8. The Morgan fingerprint density at radius 3 is 2.44 bits per heavy atom. The lowest BCUT2D eigenvalue weighted by Gasteiger charge is -2.19. The predicted molar refractivity (Wildman–Crippen MR) is 105 cm³/mol. The zero-order chi connectivity index (χ0) is 18.1. The summed E-state index contributed by atoms with van der Waals surface area (Å²) < 4.78 is 12.9. The van der Waals surface area contributed by atoms with Gasteiger partial charge in [0.15, 0.2) is 12.5 Å². The Kier molecular flexibility index (Phi) is 7.33. The number of amidine groups is 1. The van der Waals surface area contributed by atoms with E-state index in [1.807, 2.05) is 11.1 Å². The van der Waals surface area contributed by atoms with Crippen molar-refractivity contribution in [2.45, 2.75) is 33.2 Å². The molecule has 0 amide bonds. The van der Waals surface area contributed by atoms with E-state index in [2.05, 4.69) is 73.1 Å². The van der Waals surface area contributed by atoms with Crippen LogP contribution in [0.2, 0.25) is 0 Å². The summed E-state index contributed by atoms with van der Waals surface area (Å²) in [5.74, 6) is 0.132. The Balaban J connectivity index is 2.15. The van der Waals surface area contributed by atoms with Gasteiger partial charge >= 0.3 is 0 Å².